The number of nitrogens with one attached hydrogen (secondary N) is 2. The fraction of sp³-hybridized carbons (Fsp3) is 0.125. The van der Waals surface area contributed by atoms with Crippen LogP contribution in [0.2, 0.25) is 0 Å². The molecule has 2 aromatic rings. The summed E-state index contributed by atoms with van der Waals surface area (Å²) < 4.78 is 0.704. The summed E-state index contributed by atoms with van der Waals surface area (Å²) in [5.74, 6) is -0.494. The smallest absolute Gasteiger partial charge is 0.321 e. The molecular formula is C16H14BrN3O3. The Balaban J connectivity index is 1.74. The molecule has 1 fully saturated rings. The van der Waals surface area contributed by atoms with Gasteiger partial charge in [0.25, 0.3) is 5.91 Å². The van der Waals surface area contributed by atoms with Crippen molar-refractivity contribution in [2.45, 2.75) is 0 Å². The molecule has 3 N–H and O–H groups in total. The molecule has 0 spiro atoms. The minimum absolute atomic E-state index is 0.0870. The first kappa shape index (κ1) is 15.4. The number of phenols is 1. The minimum atomic E-state index is -0.407. The van der Waals surface area contributed by atoms with Gasteiger partial charge in [-0.2, -0.15) is 0 Å². The maximum absolute atomic E-state index is 12.2. The van der Waals surface area contributed by atoms with Gasteiger partial charge in [0.05, 0.1) is 5.56 Å². The van der Waals surface area contributed by atoms with E-state index in [1.807, 2.05) is 0 Å². The third-order valence-corrected chi connectivity index (χ3v) is 3.99. The molecule has 0 aliphatic carbocycles. The predicted molar refractivity (Wildman–Crippen MR) is 90.9 cm³/mol. The van der Waals surface area contributed by atoms with Crippen LogP contribution in [0.4, 0.5) is 16.2 Å². The van der Waals surface area contributed by atoms with Crippen LogP contribution in [0.5, 0.6) is 5.75 Å². The molecule has 1 saturated heterocycles. The summed E-state index contributed by atoms with van der Waals surface area (Å²) >= 11 is 3.27. The molecule has 23 heavy (non-hydrogen) atoms. The van der Waals surface area contributed by atoms with Crippen LogP contribution >= 0.6 is 15.9 Å². The van der Waals surface area contributed by atoms with Crippen molar-refractivity contribution in [2.75, 3.05) is 23.3 Å². The molecule has 3 rings (SSSR count). The lowest BCUT2D eigenvalue weighted by molar-refractivity contribution is 0.102. The van der Waals surface area contributed by atoms with Gasteiger partial charge in [-0.05, 0) is 42.5 Å². The van der Waals surface area contributed by atoms with Gasteiger partial charge in [0.2, 0.25) is 0 Å². The summed E-state index contributed by atoms with van der Waals surface area (Å²) in [6.45, 7) is 1.25. The van der Waals surface area contributed by atoms with Crippen LogP contribution < -0.4 is 15.5 Å². The number of hydrogen-bond acceptors (Lipinski definition) is 3. The highest BCUT2D eigenvalue weighted by Gasteiger charge is 2.21. The van der Waals surface area contributed by atoms with Crippen LogP contribution in [-0.4, -0.2) is 30.1 Å². The molecular weight excluding hydrogens is 362 g/mol. The first-order valence-electron chi connectivity index (χ1n) is 7.00. The largest absolute Gasteiger partial charge is 0.507 e. The molecule has 1 aliphatic rings. The second-order valence-corrected chi connectivity index (χ2v) is 5.96. The van der Waals surface area contributed by atoms with E-state index in [1.165, 1.54) is 6.07 Å². The number of rotatable bonds is 3. The van der Waals surface area contributed by atoms with Gasteiger partial charge in [0.1, 0.15) is 5.75 Å². The molecule has 0 aromatic heterocycles. The molecule has 7 heteroatoms. The highest BCUT2D eigenvalue weighted by atomic mass is 79.9. The van der Waals surface area contributed by atoms with Crippen LogP contribution in [0.1, 0.15) is 10.4 Å². The normalized spacial score (nSPS) is 13.8. The van der Waals surface area contributed by atoms with Crippen molar-refractivity contribution in [3.05, 3.63) is 52.5 Å². The molecule has 0 radical (unpaired) electrons. The van der Waals surface area contributed by atoms with Crippen LogP contribution in [0.25, 0.3) is 0 Å². The van der Waals surface area contributed by atoms with Gasteiger partial charge in [0, 0.05) is 28.9 Å². The van der Waals surface area contributed by atoms with E-state index < -0.39 is 5.91 Å². The van der Waals surface area contributed by atoms with Gasteiger partial charge in [-0.25, -0.2) is 4.79 Å². The Morgan fingerprint density at radius 1 is 1.22 bits per heavy atom. The number of anilines is 2. The van der Waals surface area contributed by atoms with Crippen molar-refractivity contribution in [1.29, 1.82) is 0 Å². The van der Waals surface area contributed by atoms with E-state index >= 15 is 0 Å². The molecule has 0 atom stereocenters. The topological polar surface area (TPSA) is 81.7 Å². The number of amides is 3. The monoisotopic (exact) mass is 375 g/mol. The molecule has 6 nitrogen and oxygen atoms in total. The van der Waals surface area contributed by atoms with E-state index in [2.05, 4.69) is 26.6 Å². The summed E-state index contributed by atoms with van der Waals surface area (Å²) in [5.41, 5.74) is 1.53. The number of aromatic hydroxyl groups is 1. The second kappa shape index (κ2) is 6.29. The Morgan fingerprint density at radius 3 is 2.61 bits per heavy atom. The lowest BCUT2D eigenvalue weighted by Gasteiger charge is -2.15. The lowest BCUT2D eigenvalue weighted by Crippen LogP contribution is -2.27. The third-order valence-electron chi connectivity index (χ3n) is 3.50. The average molecular weight is 376 g/mol. The first-order chi connectivity index (χ1) is 11.0. The molecule has 118 valence electrons. The molecule has 1 aliphatic heterocycles. The summed E-state index contributed by atoms with van der Waals surface area (Å²) in [6, 6.07) is 11.5. The molecule has 0 saturated carbocycles. The van der Waals surface area contributed by atoms with Gasteiger partial charge < -0.3 is 15.7 Å². The minimum Gasteiger partial charge on any atom is -0.507 e. The highest BCUT2D eigenvalue weighted by molar-refractivity contribution is 9.10. The number of hydrogen-bond donors (Lipinski definition) is 3. The first-order valence-corrected chi connectivity index (χ1v) is 7.79. The van der Waals surface area contributed by atoms with Crippen LogP contribution in [0.15, 0.2) is 46.9 Å². The van der Waals surface area contributed by atoms with Crippen molar-refractivity contribution in [1.82, 2.24) is 5.32 Å². The van der Waals surface area contributed by atoms with Gasteiger partial charge in [-0.3, -0.25) is 9.69 Å². The zero-order valence-electron chi connectivity index (χ0n) is 12.0. The van der Waals surface area contributed by atoms with Crippen LogP contribution in [-0.2, 0) is 0 Å². The molecule has 1 heterocycles. The molecule has 2 aromatic carbocycles. The number of phenolic OH excluding ortho intramolecular Hbond substituents is 1. The van der Waals surface area contributed by atoms with Crippen molar-refractivity contribution < 1.29 is 14.7 Å². The van der Waals surface area contributed by atoms with E-state index in [0.717, 1.165) is 5.69 Å². The van der Waals surface area contributed by atoms with E-state index in [9.17, 15) is 14.7 Å². The summed E-state index contributed by atoms with van der Waals surface area (Å²) in [7, 11) is 0. The Kier molecular flexibility index (Phi) is 4.20. The van der Waals surface area contributed by atoms with Crippen molar-refractivity contribution in [3.8, 4) is 5.75 Å². The second-order valence-electron chi connectivity index (χ2n) is 5.05. The quantitative estimate of drug-likeness (QED) is 0.771. The highest BCUT2D eigenvalue weighted by Crippen LogP contribution is 2.24. The third kappa shape index (κ3) is 3.29. The molecule has 0 bridgehead atoms. The molecule has 0 unspecified atom stereocenters. The van der Waals surface area contributed by atoms with Crippen molar-refractivity contribution >= 4 is 39.2 Å². The van der Waals surface area contributed by atoms with E-state index in [-0.39, 0.29) is 17.3 Å². The number of carbonyl (C=O) groups is 2. The predicted octanol–water partition coefficient (Wildman–Crippen LogP) is 2.94. The van der Waals surface area contributed by atoms with E-state index in [4.69, 9.17) is 0 Å². The summed E-state index contributed by atoms with van der Waals surface area (Å²) in [5, 5.41) is 15.2. The number of carbonyl (C=O) groups excluding carboxylic acids is 2. The summed E-state index contributed by atoms with van der Waals surface area (Å²) in [4.78, 5) is 25.4. The average Bonchev–Trinajstić information content (AvgIpc) is 2.96. The van der Waals surface area contributed by atoms with Gasteiger partial charge in [-0.15, -0.1) is 0 Å². The fourth-order valence-corrected chi connectivity index (χ4v) is 2.69. The Hall–Kier alpha value is -2.54. The van der Waals surface area contributed by atoms with Gasteiger partial charge in [-0.1, -0.05) is 15.9 Å². The number of nitrogens with zero attached hydrogens (tertiary/aromatic N) is 1. The molecule has 3 amide bonds. The number of halogens is 1. The van der Waals surface area contributed by atoms with E-state index in [1.54, 1.807) is 41.3 Å². The maximum Gasteiger partial charge on any atom is 0.321 e. The Morgan fingerprint density at radius 2 is 1.96 bits per heavy atom. The number of urea groups is 1. The Bertz CT molecular complexity index is 762. The zero-order chi connectivity index (χ0) is 16.4. The SMILES string of the molecule is O=C(Nc1ccc(N2CCNC2=O)cc1)c1cc(Br)ccc1O. The van der Waals surface area contributed by atoms with Gasteiger partial charge in [0.15, 0.2) is 0 Å². The zero-order valence-corrected chi connectivity index (χ0v) is 13.6. The standard InChI is InChI=1S/C16H14BrN3O3/c17-10-1-6-14(21)13(9-10)15(22)19-11-2-4-12(5-3-11)20-8-7-18-16(20)23/h1-6,9,21H,7-8H2,(H,18,23)(H,19,22). The van der Waals surface area contributed by atoms with E-state index in [0.29, 0.717) is 23.2 Å². The lowest BCUT2D eigenvalue weighted by atomic mass is 10.2. The number of benzene rings is 2. The van der Waals surface area contributed by atoms with Crippen molar-refractivity contribution in [3.63, 3.8) is 0 Å². The van der Waals surface area contributed by atoms with Crippen LogP contribution in [0, 0.1) is 0 Å². The maximum atomic E-state index is 12.2. The fourth-order valence-electron chi connectivity index (χ4n) is 2.33. The van der Waals surface area contributed by atoms with Crippen molar-refractivity contribution in [2.24, 2.45) is 0 Å². The van der Waals surface area contributed by atoms with Gasteiger partial charge >= 0.3 is 6.03 Å². The summed E-state index contributed by atoms with van der Waals surface area (Å²) in [6.07, 6.45) is 0. The van der Waals surface area contributed by atoms with Crippen LogP contribution in [0.3, 0.4) is 0 Å². The Labute approximate surface area is 141 Å².